The van der Waals surface area contributed by atoms with E-state index in [1.807, 2.05) is 0 Å². The number of carbonyl (C=O) groups excluding carboxylic acids is 2. The molecule has 4 aliphatic rings. The Balaban J connectivity index is 1.35. The van der Waals surface area contributed by atoms with E-state index in [0.717, 1.165) is 22.4 Å². The SMILES string of the molecule is NC(=O)C1=C(CC2CC2)Nc2c(cnn2C2(C(F)(F)F)CC2)C1c1ccc2c(c1)OC(F)(F)C(=O)N2Cc1ncc(Cl)cn1. The Bertz CT molecular complexity index is 1730. The molecular weight excluding hydrogens is 613 g/mol. The molecule has 0 saturated heterocycles. The molecule has 2 aliphatic heterocycles. The molecule has 230 valence electrons. The van der Waals surface area contributed by atoms with Crippen LogP contribution in [0.4, 0.5) is 33.5 Å². The maximum absolute atomic E-state index is 14.9. The van der Waals surface area contributed by atoms with E-state index in [2.05, 4.69) is 20.4 Å². The quantitative estimate of drug-likeness (QED) is 0.350. The fourth-order valence-corrected chi connectivity index (χ4v) is 5.98. The van der Waals surface area contributed by atoms with E-state index in [1.165, 1.54) is 36.8 Å². The van der Waals surface area contributed by atoms with Crippen LogP contribution in [0.5, 0.6) is 5.75 Å². The van der Waals surface area contributed by atoms with Crippen molar-refractivity contribution in [3.8, 4) is 5.75 Å². The average Bonchev–Trinajstić information content (AvgIpc) is 3.89. The van der Waals surface area contributed by atoms with Crippen molar-refractivity contribution in [3.63, 3.8) is 0 Å². The molecule has 0 radical (unpaired) electrons. The van der Waals surface area contributed by atoms with Crippen molar-refractivity contribution < 1.29 is 36.3 Å². The normalized spacial score (nSPS) is 21.7. The zero-order valence-corrected chi connectivity index (χ0v) is 23.4. The van der Waals surface area contributed by atoms with E-state index in [1.54, 1.807) is 0 Å². The summed E-state index contributed by atoms with van der Waals surface area (Å²) in [5, 5.41) is 7.36. The third-order valence-electron chi connectivity index (χ3n) is 8.42. The topological polar surface area (TPSA) is 128 Å². The van der Waals surface area contributed by atoms with Gasteiger partial charge >= 0.3 is 18.2 Å². The molecule has 2 aliphatic carbocycles. The second kappa shape index (κ2) is 9.61. The molecule has 1 unspecified atom stereocenters. The summed E-state index contributed by atoms with van der Waals surface area (Å²) in [4.78, 5) is 34.4. The Labute approximate surface area is 251 Å². The molecule has 3 N–H and O–H groups in total. The van der Waals surface area contributed by atoms with Crippen LogP contribution in [0.2, 0.25) is 5.02 Å². The summed E-state index contributed by atoms with van der Waals surface area (Å²) in [6.45, 7) is -0.428. The molecular formula is C28H23ClF5N7O3. The van der Waals surface area contributed by atoms with Gasteiger partial charge in [-0.2, -0.15) is 27.1 Å². The summed E-state index contributed by atoms with van der Waals surface area (Å²) in [6.07, 6.45) is -3.29. The number of carbonyl (C=O) groups is 2. The first kappa shape index (κ1) is 28.5. The molecule has 7 rings (SSSR count). The van der Waals surface area contributed by atoms with Crippen molar-refractivity contribution in [2.24, 2.45) is 11.7 Å². The first-order valence-corrected chi connectivity index (χ1v) is 14.1. The number of aromatic nitrogens is 4. The molecule has 2 amide bonds. The predicted molar refractivity (Wildman–Crippen MR) is 145 cm³/mol. The number of amides is 2. The van der Waals surface area contributed by atoms with Gasteiger partial charge in [0.2, 0.25) is 5.91 Å². The first-order valence-electron chi connectivity index (χ1n) is 13.7. The number of primary amides is 1. The minimum absolute atomic E-state index is 0.0232. The fraction of sp³-hybridized carbons (Fsp3) is 0.393. The van der Waals surface area contributed by atoms with Crippen LogP contribution >= 0.6 is 11.6 Å². The van der Waals surface area contributed by atoms with Gasteiger partial charge in [-0.1, -0.05) is 17.7 Å². The Hall–Kier alpha value is -4.27. The average molecular weight is 636 g/mol. The smallest absolute Gasteiger partial charge is 0.423 e. The maximum Gasteiger partial charge on any atom is 0.482 e. The maximum atomic E-state index is 14.9. The van der Waals surface area contributed by atoms with Crippen molar-refractivity contribution >= 4 is 34.9 Å². The monoisotopic (exact) mass is 635 g/mol. The number of benzene rings is 1. The summed E-state index contributed by atoms with van der Waals surface area (Å²) in [5.41, 5.74) is 4.54. The third-order valence-corrected chi connectivity index (χ3v) is 8.61. The highest BCUT2D eigenvalue weighted by molar-refractivity contribution is 6.30. The summed E-state index contributed by atoms with van der Waals surface area (Å²) in [6, 6.07) is 4.08. The van der Waals surface area contributed by atoms with Crippen molar-refractivity contribution in [2.45, 2.75) is 62.4 Å². The third kappa shape index (κ3) is 4.55. The van der Waals surface area contributed by atoms with Crippen LogP contribution in [-0.4, -0.2) is 43.8 Å². The molecule has 44 heavy (non-hydrogen) atoms. The number of nitrogens with zero attached hydrogens (tertiary/aromatic N) is 5. The molecule has 3 aromatic rings. The summed E-state index contributed by atoms with van der Waals surface area (Å²) >= 11 is 5.82. The van der Waals surface area contributed by atoms with E-state index < -0.39 is 47.9 Å². The number of hydrogen-bond donors (Lipinski definition) is 2. The number of alkyl halides is 5. The van der Waals surface area contributed by atoms with Gasteiger partial charge in [0.25, 0.3) is 0 Å². The number of nitrogens with two attached hydrogens (primary N) is 1. The highest BCUT2D eigenvalue weighted by Gasteiger charge is 2.67. The lowest BCUT2D eigenvalue weighted by atomic mass is 9.81. The summed E-state index contributed by atoms with van der Waals surface area (Å²) < 4.78 is 78.0. The zero-order chi connectivity index (χ0) is 31.2. The summed E-state index contributed by atoms with van der Waals surface area (Å²) in [7, 11) is 0. The highest BCUT2D eigenvalue weighted by Crippen LogP contribution is 2.58. The van der Waals surface area contributed by atoms with Gasteiger partial charge in [0, 0.05) is 35.1 Å². The number of fused-ring (bicyclic) bond motifs is 2. The van der Waals surface area contributed by atoms with Crippen LogP contribution in [-0.2, 0) is 21.7 Å². The Morgan fingerprint density at radius 1 is 1.16 bits per heavy atom. The van der Waals surface area contributed by atoms with Gasteiger partial charge < -0.3 is 15.8 Å². The van der Waals surface area contributed by atoms with Crippen LogP contribution in [0.3, 0.4) is 0 Å². The molecule has 1 aromatic carbocycles. The lowest BCUT2D eigenvalue weighted by Gasteiger charge is -2.35. The number of anilines is 2. The Morgan fingerprint density at radius 2 is 1.86 bits per heavy atom. The van der Waals surface area contributed by atoms with Crippen LogP contribution in [0, 0.1) is 5.92 Å². The fourth-order valence-electron chi connectivity index (χ4n) is 5.89. The van der Waals surface area contributed by atoms with Crippen LogP contribution in [0.1, 0.15) is 55.0 Å². The van der Waals surface area contributed by atoms with Gasteiger partial charge in [0.1, 0.15) is 11.6 Å². The second-order valence-corrected chi connectivity index (χ2v) is 11.8. The van der Waals surface area contributed by atoms with Gasteiger partial charge in [-0.25, -0.2) is 14.6 Å². The first-order chi connectivity index (χ1) is 20.8. The van der Waals surface area contributed by atoms with Crippen LogP contribution in [0.15, 0.2) is 48.1 Å². The predicted octanol–water partition coefficient (Wildman–Crippen LogP) is 4.99. The van der Waals surface area contributed by atoms with Gasteiger partial charge in [-0.3, -0.25) is 14.5 Å². The minimum atomic E-state index is -4.58. The number of rotatable bonds is 7. The van der Waals surface area contributed by atoms with E-state index in [0.29, 0.717) is 12.1 Å². The zero-order valence-electron chi connectivity index (χ0n) is 22.7. The largest absolute Gasteiger partial charge is 0.482 e. The van der Waals surface area contributed by atoms with Gasteiger partial charge in [-0.15, -0.1) is 0 Å². The second-order valence-electron chi connectivity index (χ2n) is 11.4. The van der Waals surface area contributed by atoms with Crippen molar-refractivity contribution in [1.29, 1.82) is 0 Å². The lowest BCUT2D eigenvalue weighted by Crippen LogP contribution is -2.50. The van der Waals surface area contributed by atoms with Crippen molar-refractivity contribution in [2.75, 3.05) is 10.2 Å². The van der Waals surface area contributed by atoms with E-state index >= 15 is 0 Å². The molecule has 2 saturated carbocycles. The molecule has 1 atom stereocenters. The van der Waals surface area contributed by atoms with Gasteiger partial charge in [-0.05, 0) is 55.7 Å². The Morgan fingerprint density at radius 3 is 2.48 bits per heavy atom. The lowest BCUT2D eigenvalue weighted by molar-refractivity contribution is -0.193. The summed E-state index contributed by atoms with van der Waals surface area (Å²) in [5.74, 6) is -3.61. The molecule has 4 heterocycles. The molecule has 0 spiro atoms. The van der Waals surface area contributed by atoms with Crippen LogP contribution in [0.25, 0.3) is 0 Å². The number of halogens is 6. The van der Waals surface area contributed by atoms with E-state index in [-0.39, 0.29) is 57.8 Å². The van der Waals surface area contributed by atoms with Gasteiger partial charge in [0.15, 0.2) is 11.3 Å². The van der Waals surface area contributed by atoms with Crippen molar-refractivity contribution in [1.82, 2.24) is 19.7 Å². The number of hydrogen-bond acceptors (Lipinski definition) is 7. The van der Waals surface area contributed by atoms with Gasteiger partial charge in [0.05, 0.1) is 23.5 Å². The Kier molecular flexibility index (Phi) is 6.23. The van der Waals surface area contributed by atoms with E-state index in [4.69, 9.17) is 22.1 Å². The highest BCUT2D eigenvalue weighted by atomic mass is 35.5. The van der Waals surface area contributed by atoms with Crippen LogP contribution < -0.4 is 20.7 Å². The van der Waals surface area contributed by atoms with E-state index in [9.17, 15) is 31.5 Å². The molecule has 0 bridgehead atoms. The number of allylic oxidation sites excluding steroid dienone is 1. The number of nitrogens with one attached hydrogen (secondary N) is 1. The molecule has 2 aromatic heterocycles. The molecule has 2 fully saturated rings. The number of ether oxygens (including phenoxy) is 1. The molecule has 16 heteroatoms. The standard InChI is InChI=1S/C28H23ClF5N7O3/c29-15-9-36-20(37-10-15)12-40-18-4-3-14(8-19(18)44-27(30,31)25(40)43)21-16-11-38-41(26(5-6-26)28(32,33)34)24(16)39-17(7-13-1-2-13)22(21)23(35)42/h3-4,8-11,13,21,39H,1-2,5-7,12H2,(H2,35,42). The molecule has 10 nitrogen and oxygen atoms in total. The van der Waals surface area contributed by atoms with Crippen molar-refractivity contribution in [3.05, 3.63) is 70.0 Å². The minimum Gasteiger partial charge on any atom is -0.423 e.